The van der Waals surface area contributed by atoms with Gasteiger partial charge < -0.3 is 5.32 Å². The van der Waals surface area contributed by atoms with Crippen molar-refractivity contribution >= 4 is 17.4 Å². The highest BCUT2D eigenvalue weighted by Gasteiger charge is 2.14. The predicted octanol–water partition coefficient (Wildman–Crippen LogP) is 2.48. The van der Waals surface area contributed by atoms with Crippen LogP contribution in [0, 0.1) is 5.82 Å². The van der Waals surface area contributed by atoms with Crippen molar-refractivity contribution < 1.29 is 4.39 Å². The second-order valence-electron chi connectivity index (χ2n) is 3.71. The van der Waals surface area contributed by atoms with Crippen LogP contribution in [0.2, 0.25) is 5.28 Å². The fourth-order valence-corrected chi connectivity index (χ4v) is 0.922. The molecule has 1 rings (SSSR count). The van der Waals surface area contributed by atoms with Gasteiger partial charge in [0.1, 0.15) is 0 Å². The highest BCUT2D eigenvalue weighted by Crippen LogP contribution is 2.16. The topological polar surface area (TPSA) is 37.8 Å². The molecular formula is C8H11ClFN3. The van der Waals surface area contributed by atoms with Crippen LogP contribution >= 0.6 is 11.6 Å². The molecule has 1 aromatic rings. The molecule has 0 atom stereocenters. The van der Waals surface area contributed by atoms with Gasteiger partial charge in [-0.1, -0.05) is 0 Å². The summed E-state index contributed by atoms with van der Waals surface area (Å²) in [5, 5.41) is 2.92. The Balaban J connectivity index is 2.94. The van der Waals surface area contributed by atoms with Gasteiger partial charge in [-0.15, -0.1) is 0 Å². The van der Waals surface area contributed by atoms with E-state index in [4.69, 9.17) is 11.6 Å². The summed E-state index contributed by atoms with van der Waals surface area (Å²) in [6.45, 7) is 5.72. The van der Waals surface area contributed by atoms with Crippen LogP contribution in [0.25, 0.3) is 0 Å². The SMILES string of the molecule is CC(C)(C)Nc1nc(Cl)ncc1F. The van der Waals surface area contributed by atoms with E-state index in [1.165, 1.54) is 0 Å². The molecule has 0 radical (unpaired) electrons. The molecule has 0 aliphatic rings. The lowest BCUT2D eigenvalue weighted by molar-refractivity contribution is 0.586. The third kappa shape index (κ3) is 3.14. The zero-order valence-corrected chi connectivity index (χ0v) is 8.48. The Kier molecular flexibility index (Phi) is 2.71. The van der Waals surface area contributed by atoms with E-state index < -0.39 is 5.82 Å². The minimum Gasteiger partial charge on any atom is -0.363 e. The lowest BCUT2D eigenvalue weighted by atomic mass is 10.1. The van der Waals surface area contributed by atoms with Crippen molar-refractivity contribution in [3.8, 4) is 0 Å². The Hall–Kier alpha value is -0.900. The van der Waals surface area contributed by atoms with Crippen LogP contribution in [0.4, 0.5) is 10.2 Å². The lowest BCUT2D eigenvalue weighted by Gasteiger charge is -2.21. The number of anilines is 1. The number of aromatic nitrogens is 2. The zero-order valence-electron chi connectivity index (χ0n) is 7.73. The molecule has 0 aliphatic heterocycles. The largest absolute Gasteiger partial charge is 0.363 e. The molecule has 0 aromatic carbocycles. The zero-order chi connectivity index (χ0) is 10.1. The van der Waals surface area contributed by atoms with E-state index in [-0.39, 0.29) is 16.6 Å². The van der Waals surface area contributed by atoms with Crippen molar-refractivity contribution in [2.45, 2.75) is 26.3 Å². The summed E-state index contributed by atoms with van der Waals surface area (Å²) in [6, 6.07) is 0. The lowest BCUT2D eigenvalue weighted by Crippen LogP contribution is -2.27. The van der Waals surface area contributed by atoms with Gasteiger partial charge >= 0.3 is 0 Å². The Labute approximate surface area is 81.3 Å². The fourth-order valence-electron chi connectivity index (χ4n) is 0.788. The van der Waals surface area contributed by atoms with E-state index >= 15 is 0 Å². The Morgan fingerprint density at radius 1 is 1.46 bits per heavy atom. The normalized spacial score (nSPS) is 11.5. The number of nitrogens with zero attached hydrogens (tertiary/aromatic N) is 2. The first-order chi connectivity index (χ1) is 5.88. The van der Waals surface area contributed by atoms with Gasteiger partial charge in [0.15, 0.2) is 11.6 Å². The second-order valence-corrected chi connectivity index (χ2v) is 4.05. The van der Waals surface area contributed by atoms with Crippen molar-refractivity contribution in [2.75, 3.05) is 5.32 Å². The van der Waals surface area contributed by atoms with Crippen LogP contribution in [-0.4, -0.2) is 15.5 Å². The molecule has 1 N–H and O–H groups in total. The van der Waals surface area contributed by atoms with E-state index in [0.29, 0.717) is 0 Å². The number of nitrogens with one attached hydrogen (secondary N) is 1. The first-order valence-corrected chi connectivity index (χ1v) is 4.22. The predicted molar refractivity (Wildman–Crippen MR) is 50.4 cm³/mol. The first-order valence-electron chi connectivity index (χ1n) is 3.85. The first kappa shape index (κ1) is 10.2. The summed E-state index contributed by atoms with van der Waals surface area (Å²) in [7, 11) is 0. The summed E-state index contributed by atoms with van der Waals surface area (Å²) < 4.78 is 13.1. The molecule has 1 aromatic heterocycles. The fraction of sp³-hybridized carbons (Fsp3) is 0.500. The highest BCUT2D eigenvalue weighted by atomic mass is 35.5. The van der Waals surface area contributed by atoms with Crippen LogP contribution < -0.4 is 5.32 Å². The molecule has 0 saturated heterocycles. The van der Waals surface area contributed by atoms with Gasteiger partial charge in [0, 0.05) is 5.54 Å². The Morgan fingerprint density at radius 2 is 2.08 bits per heavy atom. The monoisotopic (exact) mass is 203 g/mol. The van der Waals surface area contributed by atoms with Gasteiger partial charge in [-0.2, -0.15) is 4.98 Å². The molecule has 5 heteroatoms. The Morgan fingerprint density at radius 3 is 2.62 bits per heavy atom. The molecule has 0 fully saturated rings. The van der Waals surface area contributed by atoms with Gasteiger partial charge in [-0.25, -0.2) is 9.37 Å². The molecule has 0 unspecified atom stereocenters. The van der Waals surface area contributed by atoms with Crippen molar-refractivity contribution in [3.63, 3.8) is 0 Å². The molecule has 72 valence electrons. The molecule has 0 saturated carbocycles. The van der Waals surface area contributed by atoms with Gasteiger partial charge in [0.05, 0.1) is 6.20 Å². The summed E-state index contributed by atoms with van der Waals surface area (Å²) in [6.07, 6.45) is 1.05. The standard InChI is InChI=1S/C8H11ClFN3/c1-8(2,3)13-6-5(10)4-11-7(9)12-6/h4H,1-3H3,(H,11,12,13). The maximum absolute atomic E-state index is 13.1. The van der Waals surface area contributed by atoms with Crippen molar-refractivity contribution in [2.24, 2.45) is 0 Å². The summed E-state index contributed by atoms with van der Waals surface area (Å²) >= 11 is 5.52. The Bertz CT molecular complexity index is 309. The highest BCUT2D eigenvalue weighted by molar-refractivity contribution is 6.28. The summed E-state index contributed by atoms with van der Waals surface area (Å²) in [4.78, 5) is 7.23. The maximum atomic E-state index is 13.1. The van der Waals surface area contributed by atoms with Crippen molar-refractivity contribution in [1.82, 2.24) is 9.97 Å². The molecule has 3 nitrogen and oxygen atoms in total. The van der Waals surface area contributed by atoms with Crippen LogP contribution in [0.5, 0.6) is 0 Å². The van der Waals surface area contributed by atoms with Crippen molar-refractivity contribution in [1.29, 1.82) is 0 Å². The number of hydrogen-bond donors (Lipinski definition) is 1. The molecule has 0 bridgehead atoms. The number of hydrogen-bond acceptors (Lipinski definition) is 3. The van der Waals surface area contributed by atoms with Crippen LogP contribution in [0.15, 0.2) is 6.20 Å². The van der Waals surface area contributed by atoms with Gasteiger partial charge in [0.25, 0.3) is 0 Å². The van der Waals surface area contributed by atoms with Crippen LogP contribution in [0.3, 0.4) is 0 Å². The molecule has 1 heterocycles. The molecule has 13 heavy (non-hydrogen) atoms. The van der Waals surface area contributed by atoms with Gasteiger partial charge in [-0.05, 0) is 32.4 Å². The third-order valence-corrected chi connectivity index (χ3v) is 1.39. The average molecular weight is 204 g/mol. The molecule has 0 amide bonds. The van der Waals surface area contributed by atoms with E-state index in [2.05, 4.69) is 15.3 Å². The quantitative estimate of drug-likeness (QED) is 0.713. The number of rotatable bonds is 1. The molecule has 0 aliphatic carbocycles. The van der Waals surface area contributed by atoms with Gasteiger partial charge in [-0.3, -0.25) is 0 Å². The van der Waals surface area contributed by atoms with E-state index in [0.717, 1.165) is 6.20 Å². The minimum absolute atomic E-state index is 0.0353. The van der Waals surface area contributed by atoms with Crippen LogP contribution in [0.1, 0.15) is 20.8 Å². The van der Waals surface area contributed by atoms with E-state index in [1.807, 2.05) is 20.8 Å². The average Bonchev–Trinajstić information content (AvgIpc) is 1.94. The summed E-state index contributed by atoms with van der Waals surface area (Å²) in [5.41, 5.74) is -0.251. The van der Waals surface area contributed by atoms with Crippen molar-refractivity contribution in [3.05, 3.63) is 17.3 Å². The second kappa shape index (κ2) is 3.46. The maximum Gasteiger partial charge on any atom is 0.224 e. The molecule has 0 spiro atoms. The van der Waals surface area contributed by atoms with Gasteiger partial charge in [0.2, 0.25) is 5.28 Å². The molecular weight excluding hydrogens is 193 g/mol. The van der Waals surface area contributed by atoms with E-state index in [1.54, 1.807) is 0 Å². The number of halogens is 2. The third-order valence-electron chi connectivity index (χ3n) is 1.21. The smallest absolute Gasteiger partial charge is 0.224 e. The van der Waals surface area contributed by atoms with E-state index in [9.17, 15) is 4.39 Å². The minimum atomic E-state index is -0.501. The van der Waals surface area contributed by atoms with Crippen LogP contribution in [-0.2, 0) is 0 Å². The summed E-state index contributed by atoms with van der Waals surface area (Å²) in [5.74, 6) is -0.369.